The molecule has 0 bridgehead atoms. The highest BCUT2D eigenvalue weighted by atomic mass is 32.1. The summed E-state index contributed by atoms with van der Waals surface area (Å²) in [4.78, 5) is 0. The van der Waals surface area contributed by atoms with E-state index in [1.165, 1.54) is 6.07 Å². The summed E-state index contributed by atoms with van der Waals surface area (Å²) >= 11 is 4.25. The molecule has 15 heavy (non-hydrogen) atoms. The maximum absolute atomic E-state index is 13.2. The smallest absolute Gasteiger partial charge is 0.165 e. The van der Waals surface area contributed by atoms with Crippen LogP contribution in [0.1, 0.15) is 13.8 Å². The van der Waals surface area contributed by atoms with Crippen LogP contribution >= 0.6 is 12.6 Å². The first-order chi connectivity index (χ1) is 7.15. The minimum atomic E-state index is -0.306. The van der Waals surface area contributed by atoms with E-state index in [1.54, 1.807) is 18.2 Å². The molecule has 1 atom stereocenters. The summed E-state index contributed by atoms with van der Waals surface area (Å²) in [6.45, 7) is 4.75. The van der Waals surface area contributed by atoms with E-state index in [1.807, 2.05) is 0 Å². The molecule has 0 spiro atoms. The normalized spacial score (nSPS) is 12.9. The van der Waals surface area contributed by atoms with Crippen molar-refractivity contribution in [2.45, 2.75) is 13.8 Å². The predicted molar refractivity (Wildman–Crippen MR) is 64.1 cm³/mol. The van der Waals surface area contributed by atoms with Crippen molar-refractivity contribution in [2.75, 3.05) is 12.4 Å². The molecule has 0 saturated heterocycles. The lowest BCUT2D eigenvalue weighted by atomic mass is 9.99. The van der Waals surface area contributed by atoms with Gasteiger partial charge in [0.25, 0.3) is 0 Å². The van der Waals surface area contributed by atoms with Crippen LogP contribution in [-0.4, -0.2) is 12.4 Å². The van der Waals surface area contributed by atoms with Crippen molar-refractivity contribution in [3.8, 4) is 5.75 Å². The summed E-state index contributed by atoms with van der Waals surface area (Å²) in [7, 11) is 0. The quantitative estimate of drug-likeness (QED) is 0.760. The van der Waals surface area contributed by atoms with Gasteiger partial charge in [0.05, 0.1) is 6.61 Å². The summed E-state index contributed by atoms with van der Waals surface area (Å²) in [5.74, 6) is 1.62. The van der Waals surface area contributed by atoms with Gasteiger partial charge in [0, 0.05) is 5.92 Å². The molecule has 1 aromatic rings. The Morgan fingerprint density at radius 3 is 2.53 bits per heavy atom. The average Bonchev–Trinajstić information content (AvgIpc) is 2.21. The molecule has 0 radical (unpaired) electrons. The lowest BCUT2D eigenvalue weighted by Gasteiger charge is -2.19. The van der Waals surface area contributed by atoms with Crippen LogP contribution < -0.4 is 4.74 Å². The molecule has 0 amide bonds. The molecule has 1 rings (SSSR count). The number of thiol groups is 1. The van der Waals surface area contributed by atoms with Crippen LogP contribution in [0, 0.1) is 17.7 Å². The highest BCUT2D eigenvalue weighted by Gasteiger charge is 2.13. The summed E-state index contributed by atoms with van der Waals surface area (Å²) < 4.78 is 18.6. The Balaban J connectivity index is 2.53. The average molecular weight is 228 g/mol. The lowest BCUT2D eigenvalue weighted by molar-refractivity contribution is 0.219. The van der Waals surface area contributed by atoms with Crippen LogP contribution in [0.25, 0.3) is 0 Å². The van der Waals surface area contributed by atoms with Gasteiger partial charge in [-0.25, -0.2) is 4.39 Å². The third-order valence-corrected chi connectivity index (χ3v) is 2.94. The molecule has 1 unspecified atom stereocenters. The SMILES string of the molecule is CC(C)C(CS)COc1ccccc1F. The number of benzene rings is 1. The minimum Gasteiger partial charge on any atom is -0.490 e. The highest BCUT2D eigenvalue weighted by Crippen LogP contribution is 2.19. The molecule has 3 heteroatoms. The van der Waals surface area contributed by atoms with Crippen molar-refractivity contribution in [1.29, 1.82) is 0 Å². The number of ether oxygens (including phenoxy) is 1. The van der Waals surface area contributed by atoms with E-state index >= 15 is 0 Å². The Hall–Kier alpha value is -0.700. The first kappa shape index (κ1) is 12.4. The number of halogens is 1. The van der Waals surface area contributed by atoms with Gasteiger partial charge in [-0.1, -0.05) is 26.0 Å². The van der Waals surface area contributed by atoms with E-state index in [-0.39, 0.29) is 5.82 Å². The molecule has 1 nitrogen and oxygen atoms in total. The fraction of sp³-hybridized carbons (Fsp3) is 0.500. The zero-order chi connectivity index (χ0) is 11.3. The Kier molecular flexibility index (Phi) is 4.95. The van der Waals surface area contributed by atoms with Crippen molar-refractivity contribution in [2.24, 2.45) is 11.8 Å². The fourth-order valence-electron chi connectivity index (χ4n) is 1.21. The van der Waals surface area contributed by atoms with E-state index in [9.17, 15) is 4.39 Å². The van der Waals surface area contributed by atoms with Crippen molar-refractivity contribution >= 4 is 12.6 Å². The third-order valence-electron chi connectivity index (χ3n) is 2.47. The zero-order valence-electron chi connectivity index (χ0n) is 9.11. The number of para-hydroxylation sites is 1. The van der Waals surface area contributed by atoms with Gasteiger partial charge in [-0.05, 0) is 23.8 Å². The number of hydrogen-bond acceptors (Lipinski definition) is 2. The summed E-state index contributed by atoms with van der Waals surface area (Å²) in [5.41, 5.74) is 0. The standard InChI is InChI=1S/C12H17FOS/c1-9(2)10(8-15)7-14-12-6-4-3-5-11(12)13/h3-6,9-10,15H,7-8H2,1-2H3. The highest BCUT2D eigenvalue weighted by molar-refractivity contribution is 7.80. The second-order valence-electron chi connectivity index (χ2n) is 3.93. The van der Waals surface area contributed by atoms with Crippen molar-refractivity contribution in [1.82, 2.24) is 0 Å². The topological polar surface area (TPSA) is 9.23 Å². The largest absolute Gasteiger partial charge is 0.490 e. The minimum absolute atomic E-state index is 0.306. The lowest BCUT2D eigenvalue weighted by Crippen LogP contribution is -2.19. The van der Waals surface area contributed by atoms with Crippen molar-refractivity contribution < 1.29 is 9.13 Å². The van der Waals surface area contributed by atoms with Gasteiger partial charge in [0.1, 0.15) is 0 Å². The molecule has 84 valence electrons. The monoisotopic (exact) mass is 228 g/mol. The second-order valence-corrected chi connectivity index (χ2v) is 4.29. The van der Waals surface area contributed by atoms with Gasteiger partial charge >= 0.3 is 0 Å². The Morgan fingerprint density at radius 2 is 2.00 bits per heavy atom. The van der Waals surface area contributed by atoms with Gasteiger partial charge in [-0.15, -0.1) is 0 Å². The van der Waals surface area contributed by atoms with Gasteiger partial charge in [0.15, 0.2) is 11.6 Å². The molecular weight excluding hydrogens is 211 g/mol. The predicted octanol–water partition coefficient (Wildman–Crippen LogP) is 3.41. The van der Waals surface area contributed by atoms with E-state index in [4.69, 9.17) is 4.74 Å². The van der Waals surface area contributed by atoms with Gasteiger partial charge in [-0.3, -0.25) is 0 Å². The first-order valence-corrected chi connectivity index (χ1v) is 5.76. The van der Waals surface area contributed by atoms with Crippen LogP contribution in [0.3, 0.4) is 0 Å². The molecule has 0 saturated carbocycles. The summed E-state index contributed by atoms with van der Waals surface area (Å²) in [6.07, 6.45) is 0. The molecule has 0 heterocycles. The summed E-state index contributed by atoms with van der Waals surface area (Å²) in [6, 6.07) is 6.47. The molecule has 0 aliphatic rings. The van der Waals surface area contributed by atoms with E-state index in [0.29, 0.717) is 24.2 Å². The van der Waals surface area contributed by atoms with Gasteiger partial charge in [-0.2, -0.15) is 12.6 Å². The van der Waals surface area contributed by atoms with Crippen molar-refractivity contribution in [3.05, 3.63) is 30.1 Å². The fourth-order valence-corrected chi connectivity index (χ4v) is 1.74. The maximum atomic E-state index is 13.2. The molecule has 0 aromatic heterocycles. The molecular formula is C12H17FOS. The third kappa shape index (κ3) is 3.74. The van der Waals surface area contributed by atoms with Crippen molar-refractivity contribution in [3.63, 3.8) is 0 Å². The Bertz CT molecular complexity index is 301. The second kappa shape index (κ2) is 6.01. The van der Waals surface area contributed by atoms with Gasteiger partial charge in [0.2, 0.25) is 0 Å². The number of hydrogen-bond donors (Lipinski definition) is 1. The zero-order valence-corrected chi connectivity index (χ0v) is 10.0. The van der Waals surface area contributed by atoms with Crippen LogP contribution in [0.15, 0.2) is 24.3 Å². The molecule has 0 aliphatic carbocycles. The van der Waals surface area contributed by atoms with E-state index in [0.717, 1.165) is 5.75 Å². The number of rotatable bonds is 5. The van der Waals surface area contributed by atoms with Crippen LogP contribution in [0.5, 0.6) is 5.75 Å². The Morgan fingerprint density at radius 1 is 1.33 bits per heavy atom. The van der Waals surface area contributed by atoms with Crippen LogP contribution in [0.4, 0.5) is 4.39 Å². The van der Waals surface area contributed by atoms with Crippen LogP contribution in [0.2, 0.25) is 0 Å². The van der Waals surface area contributed by atoms with E-state index in [2.05, 4.69) is 26.5 Å². The Labute approximate surface area is 96.1 Å². The van der Waals surface area contributed by atoms with E-state index < -0.39 is 0 Å². The molecule has 0 aliphatic heterocycles. The first-order valence-electron chi connectivity index (χ1n) is 5.13. The molecule has 0 fully saturated rings. The van der Waals surface area contributed by atoms with Crippen LogP contribution in [-0.2, 0) is 0 Å². The summed E-state index contributed by atoms with van der Waals surface area (Å²) in [5, 5.41) is 0. The maximum Gasteiger partial charge on any atom is 0.165 e. The molecule has 1 aromatic carbocycles. The van der Waals surface area contributed by atoms with Gasteiger partial charge < -0.3 is 4.74 Å². The molecule has 0 N–H and O–H groups in total.